The van der Waals surface area contributed by atoms with Crippen LogP contribution in [0.5, 0.6) is 0 Å². The van der Waals surface area contributed by atoms with Crippen LogP contribution in [0.3, 0.4) is 0 Å². The van der Waals surface area contributed by atoms with Crippen LogP contribution in [0.15, 0.2) is 0 Å². The first-order valence-corrected chi connectivity index (χ1v) is 5.22. The fourth-order valence-corrected chi connectivity index (χ4v) is 1.47. The number of hydrogen-bond donors (Lipinski definition) is 2. The zero-order valence-corrected chi connectivity index (χ0v) is 9.24. The lowest BCUT2D eigenvalue weighted by atomic mass is 10.3. The number of hydroxylamine groups is 1. The second-order valence-corrected chi connectivity index (χ2v) is 3.79. The van der Waals surface area contributed by atoms with E-state index in [1.165, 1.54) is 0 Å². The van der Waals surface area contributed by atoms with Gasteiger partial charge in [0.2, 0.25) is 5.91 Å². The largest absolute Gasteiger partial charge is 0.368 e. The molecule has 1 heterocycles. The molecular formula is C9H20N4O2. The molecule has 1 aliphatic heterocycles. The van der Waals surface area contributed by atoms with Crippen molar-refractivity contribution in [3.05, 3.63) is 0 Å². The average Bonchev–Trinajstić information content (AvgIpc) is 2.20. The zero-order valence-electron chi connectivity index (χ0n) is 9.24. The summed E-state index contributed by atoms with van der Waals surface area (Å²) in [6.07, 6.45) is 0. The van der Waals surface area contributed by atoms with Crippen LogP contribution in [0.1, 0.15) is 0 Å². The molecule has 1 rings (SSSR count). The van der Waals surface area contributed by atoms with E-state index in [-0.39, 0.29) is 6.61 Å². The van der Waals surface area contributed by atoms with E-state index in [9.17, 15) is 4.79 Å². The molecule has 0 bridgehead atoms. The van der Waals surface area contributed by atoms with Gasteiger partial charge in [-0.3, -0.25) is 14.5 Å². The minimum Gasteiger partial charge on any atom is -0.368 e. The van der Waals surface area contributed by atoms with Gasteiger partial charge in [0.1, 0.15) is 6.61 Å². The number of nitrogens with zero attached hydrogens (tertiary/aromatic N) is 2. The normalized spacial score (nSPS) is 19.3. The Morgan fingerprint density at radius 3 is 2.67 bits per heavy atom. The first-order chi connectivity index (χ1) is 7.18. The summed E-state index contributed by atoms with van der Waals surface area (Å²) >= 11 is 0. The maximum absolute atomic E-state index is 10.3. The molecule has 0 aromatic rings. The second kappa shape index (κ2) is 6.73. The fraction of sp³-hybridized carbons (Fsp3) is 0.889. The third-order valence-electron chi connectivity index (χ3n) is 2.44. The van der Waals surface area contributed by atoms with E-state index in [0.717, 1.165) is 39.3 Å². The Bertz CT molecular complexity index is 193. The zero-order chi connectivity index (χ0) is 11.1. The highest BCUT2D eigenvalue weighted by Gasteiger charge is 2.12. The molecule has 6 nitrogen and oxygen atoms in total. The number of rotatable bonds is 6. The van der Waals surface area contributed by atoms with Crippen LogP contribution in [0.4, 0.5) is 0 Å². The highest BCUT2D eigenvalue weighted by Crippen LogP contribution is 1.97. The molecular weight excluding hydrogens is 196 g/mol. The number of carbonyl (C=O) groups excluding carboxylic acids is 1. The molecule has 0 aromatic carbocycles. The van der Waals surface area contributed by atoms with E-state index in [0.29, 0.717) is 0 Å². The van der Waals surface area contributed by atoms with Crippen molar-refractivity contribution in [1.82, 2.24) is 15.3 Å². The van der Waals surface area contributed by atoms with Crippen molar-refractivity contribution >= 4 is 5.91 Å². The van der Waals surface area contributed by atoms with Crippen LogP contribution in [-0.2, 0) is 9.63 Å². The quantitative estimate of drug-likeness (QED) is 0.406. The molecule has 1 aliphatic rings. The minimum atomic E-state index is -0.456. The monoisotopic (exact) mass is 216 g/mol. The number of likely N-dealkylation sites (N-methyl/N-ethyl adjacent to an activating group) is 1. The van der Waals surface area contributed by atoms with E-state index < -0.39 is 5.91 Å². The summed E-state index contributed by atoms with van der Waals surface area (Å²) in [5.41, 5.74) is 7.63. The van der Waals surface area contributed by atoms with Crippen molar-refractivity contribution < 1.29 is 9.63 Å². The summed E-state index contributed by atoms with van der Waals surface area (Å²) in [5.74, 6) is -0.456. The first-order valence-electron chi connectivity index (χ1n) is 5.22. The van der Waals surface area contributed by atoms with E-state index in [2.05, 4.69) is 22.3 Å². The number of nitrogens with one attached hydrogen (secondary N) is 1. The van der Waals surface area contributed by atoms with Crippen LogP contribution in [-0.4, -0.2) is 68.6 Å². The van der Waals surface area contributed by atoms with Gasteiger partial charge in [0, 0.05) is 39.3 Å². The van der Waals surface area contributed by atoms with Crippen molar-refractivity contribution in [1.29, 1.82) is 0 Å². The van der Waals surface area contributed by atoms with Crippen LogP contribution in [0, 0.1) is 0 Å². The Morgan fingerprint density at radius 2 is 2.07 bits per heavy atom. The average molecular weight is 216 g/mol. The molecule has 0 unspecified atom stereocenters. The molecule has 1 amide bonds. The standard InChI is InChI=1S/C9H20N4O2/c1-12-4-6-13(7-5-12)3-2-11-15-8-9(10)14/h11H,2-8H2,1H3,(H2,10,14). The van der Waals surface area contributed by atoms with Gasteiger partial charge in [0.25, 0.3) is 0 Å². The highest BCUT2D eigenvalue weighted by molar-refractivity contribution is 5.74. The molecule has 3 N–H and O–H groups in total. The summed E-state index contributed by atoms with van der Waals surface area (Å²) in [5, 5.41) is 0. The predicted octanol–water partition coefficient (Wildman–Crippen LogP) is -1.76. The van der Waals surface area contributed by atoms with Crippen molar-refractivity contribution in [3.63, 3.8) is 0 Å². The van der Waals surface area contributed by atoms with Crippen molar-refractivity contribution in [3.8, 4) is 0 Å². The van der Waals surface area contributed by atoms with Crippen LogP contribution < -0.4 is 11.2 Å². The predicted molar refractivity (Wildman–Crippen MR) is 57.1 cm³/mol. The van der Waals surface area contributed by atoms with Crippen molar-refractivity contribution in [2.24, 2.45) is 5.73 Å². The molecule has 0 aliphatic carbocycles. The number of primary amides is 1. The second-order valence-electron chi connectivity index (χ2n) is 3.79. The molecule has 6 heteroatoms. The maximum atomic E-state index is 10.3. The smallest absolute Gasteiger partial charge is 0.245 e. The third-order valence-corrected chi connectivity index (χ3v) is 2.44. The van der Waals surface area contributed by atoms with Gasteiger partial charge in [-0.25, -0.2) is 5.48 Å². The number of nitrogens with two attached hydrogens (primary N) is 1. The van der Waals surface area contributed by atoms with Gasteiger partial charge in [-0.05, 0) is 7.05 Å². The van der Waals surface area contributed by atoms with Crippen LogP contribution >= 0.6 is 0 Å². The van der Waals surface area contributed by atoms with Crippen LogP contribution in [0.2, 0.25) is 0 Å². The summed E-state index contributed by atoms with van der Waals surface area (Å²) in [6.45, 7) is 6.00. The Hall–Kier alpha value is -0.690. The maximum Gasteiger partial charge on any atom is 0.245 e. The Labute approximate surface area is 90.3 Å². The number of carbonyl (C=O) groups is 1. The summed E-state index contributed by atoms with van der Waals surface area (Å²) < 4.78 is 0. The topological polar surface area (TPSA) is 70.8 Å². The molecule has 1 saturated heterocycles. The van der Waals surface area contributed by atoms with Gasteiger partial charge in [-0.2, -0.15) is 0 Å². The van der Waals surface area contributed by atoms with Crippen LogP contribution in [0.25, 0.3) is 0 Å². The Morgan fingerprint density at radius 1 is 1.40 bits per heavy atom. The molecule has 1 fully saturated rings. The van der Waals surface area contributed by atoms with E-state index in [1.807, 2.05) is 0 Å². The third kappa shape index (κ3) is 5.68. The molecule has 0 spiro atoms. The van der Waals surface area contributed by atoms with Gasteiger partial charge in [0.05, 0.1) is 0 Å². The minimum absolute atomic E-state index is 0.0667. The summed E-state index contributed by atoms with van der Waals surface area (Å²) in [6, 6.07) is 0. The van der Waals surface area contributed by atoms with Gasteiger partial charge >= 0.3 is 0 Å². The van der Waals surface area contributed by atoms with Crippen molar-refractivity contribution in [2.75, 3.05) is 52.9 Å². The molecule has 0 radical (unpaired) electrons. The lowest BCUT2D eigenvalue weighted by molar-refractivity contribution is -0.125. The SMILES string of the molecule is CN1CCN(CCNOCC(N)=O)CC1. The van der Waals surface area contributed by atoms with Gasteiger partial charge in [-0.1, -0.05) is 0 Å². The first kappa shape index (κ1) is 12.4. The van der Waals surface area contributed by atoms with Gasteiger partial charge in [-0.15, -0.1) is 0 Å². The molecule has 0 aromatic heterocycles. The number of amides is 1. The lowest BCUT2D eigenvalue weighted by Gasteiger charge is -2.32. The Kier molecular flexibility index (Phi) is 5.56. The summed E-state index contributed by atoms with van der Waals surface area (Å²) in [7, 11) is 2.13. The molecule has 0 atom stereocenters. The fourth-order valence-electron chi connectivity index (χ4n) is 1.47. The van der Waals surface area contributed by atoms with Gasteiger partial charge in [0.15, 0.2) is 0 Å². The molecule has 15 heavy (non-hydrogen) atoms. The highest BCUT2D eigenvalue weighted by atomic mass is 16.6. The van der Waals surface area contributed by atoms with Gasteiger partial charge < -0.3 is 10.6 Å². The van der Waals surface area contributed by atoms with E-state index >= 15 is 0 Å². The summed E-state index contributed by atoms with van der Waals surface area (Å²) in [4.78, 5) is 19.9. The van der Waals surface area contributed by atoms with E-state index in [4.69, 9.17) is 10.6 Å². The lowest BCUT2D eigenvalue weighted by Crippen LogP contribution is -2.46. The Balaban J connectivity index is 1.94. The van der Waals surface area contributed by atoms with Crippen molar-refractivity contribution in [2.45, 2.75) is 0 Å². The van der Waals surface area contributed by atoms with E-state index in [1.54, 1.807) is 0 Å². The number of piperazine rings is 1. The molecule has 0 saturated carbocycles. The molecule has 88 valence electrons. The number of hydrogen-bond acceptors (Lipinski definition) is 5.